The Bertz CT molecular complexity index is 385. The van der Waals surface area contributed by atoms with Gasteiger partial charge in [0, 0.05) is 0 Å². The minimum absolute atomic E-state index is 0.182. The molecule has 0 heterocycles. The summed E-state index contributed by atoms with van der Waals surface area (Å²) in [7, 11) is 0. The smallest absolute Gasteiger partial charge is 0.335 e. The Hall–Kier alpha value is -2.04. The van der Waals surface area contributed by atoms with E-state index in [0.717, 1.165) is 0 Å². The van der Waals surface area contributed by atoms with E-state index >= 15 is 0 Å². The highest BCUT2D eigenvalue weighted by Crippen LogP contribution is 2.13. The zero-order valence-electron chi connectivity index (χ0n) is 8.84. The van der Waals surface area contributed by atoms with Gasteiger partial charge < -0.3 is 15.6 Å². The van der Waals surface area contributed by atoms with Crippen LogP contribution in [-0.2, 0) is 4.79 Å². The van der Waals surface area contributed by atoms with Crippen LogP contribution in [0.2, 0.25) is 0 Å². The van der Waals surface area contributed by atoms with Gasteiger partial charge in [-0.1, -0.05) is 6.92 Å². The average molecular weight is 223 g/mol. The number of carboxylic acids is 1. The van der Waals surface area contributed by atoms with Crippen LogP contribution in [0.25, 0.3) is 0 Å². The molecular weight excluding hydrogens is 210 g/mol. The van der Waals surface area contributed by atoms with E-state index in [9.17, 15) is 9.59 Å². The molecule has 86 valence electrons. The van der Waals surface area contributed by atoms with E-state index in [1.807, 2.05) is 0 Å². The molecule has 0 spiro atoms. The van der Waals surface area contributed by atoms with E-state index in [0.29, 0.717) is 5.75 Å². The Morgan fingerprint density at radius 3 is 2.38 bits per heavy atom. The maximum absolute atomic E-state index is 10.7. The lowest BCUT2D eigenvalue weighted by molar-refractivity contribution is -0.122. The molecule has 5 heteroatoms. The van der Waals surface area contributed by atoms with Crippen molar-refractivity contribution in [2.75, 3.05) is 6.61 Å². The molecule has 0 aliphatic rings. The first-order valence-electron chi connectivity index (χ1n) is 4.76. The SMILES string of the molecule is CC(COc1ccc(C(=O)O)cc1)C(N)=O. The average Bonchev–Trinajstić information content (AvgIpc) is 2.26. The van der Waals surface area contributed by atoms with Crippen molar-refractivity contribution in [3.05, 3.63) is 29.8 Å². The minimum atomic E-state index is -0.989. The Morgan fingerprint density at radius 1 is 1.38 bits per heavy atom. The summed E-state index contributed by atoms with van der Waals surface area (Å²) in [6.07, 6.45) is 0. The molecule has 0 aromatic heterocycles. The van der Waals surface area contributed by atoms with E-state index in [1.165, 1.54) is 24.3 Å². The van der Waals surface area contributed by atoms with Crippen LogP contribution < -0.4 is 10.5 Å². The number of nitrogens with two attached hydrogens (primary N) is 1. The summed E-state index contributed by atoms with van der Waals surface area (Å²) in [5.41, 5.74) is 5.26. The van der Waals surface area contributed by atoms with Crippen molar-refractivity contribution in [2.24, 2.45) is 11.7 Å². The highest BCUT2D eigenvalue weighted by molar-refractivity contribution is 5.87. The van der Waals surface area contributed by atoms with Crippen LogP contribution in [0.3, 0.4) is 0 Å². The van der Waals surface area contributed by atoms with E-state index < -0.39 is 11.9 Å². The van der Waals surface area contributed by atoms with Gasteiger partial charge in [-0.3, -0.25) is 4.79 Å². The maximum Gasteiger partial charge on any atom is 0.335 e. The second-order valence-corrected chi connectivity index (χ2v) is 3.44. The third kappa shape index (κ3) is 3.27. The number of rotatable bonds is 5. The van der Waals surface area contributed by atoms with Crippen molar-refractivity contribution in [2.45, 2.75) is 6.92 Å². The van der Waals surface area contributed by atoms with Crippen LogP contribution >= 0.6 is 0 Å². The highest BCUT2D eigenvalue weighted by Gasteiger charge is 2.09. The lowest BCUT2D eigenvalue weighted by atomic mass is 10.2. The zero-order chi connectivity index (χ0) is 12.1. The zero-order valence-corrected chi connectivity index (χ0v) is 8.84. The molecule has 0 radical (unpaired) electrons. The van der Waals surface area contributed by atoms with Crippen LogP contribution in [0.15, 0.2) is 24.3 Å². The number of hydrogen-bond donors (Lipinski definition) is 2. The maximum atomic E-state index is 10.7. The van der Waals surface area contributed by atoms with Crippen molar-refractivity contribution in [3.63, 3.8) is 0 Å². The molecule has 0 fully saturated rings. The van der Waals surface area contributed by atoms with Crippen molar-refractivity contribution < 1.29 is 19.4 Å². The van der Waals surface area contributed by atoms with Gasteiger partial charge in [0.15, 0.2) is 0 Å². The van der Waals surface area contributed by atoms with Crippen LogP contribution in [0.4, 0.5) is 0 Å². The fraction of sp³-hybridized carbons (Fsp3) is 0.273. The van der Waals surface area contributed by atoms with Crippen LogP contribution in [0, 0.1) is 5.92 Å². The molecule has 0 bridgehead atoms. The quantitative estimate of drug-likeness (QED) is 0.775. The molecule has 1 atom stereocenters. The summed E-state index contributed by atoms with van der Waals surface area (Å²) in [5.74, 6) is -1.28. The van der Waals surface area contributed by atoms with Crippen molar-refractivity contribution >= 4 is 11.9 Å². The van der Waals surface area contributed by atoms with E-state index in [4.69, 9.17) is 15.6 Å². The molecule has 3 N–H and O–H groups in total. The predicted octanol–water partition coefficient (Wildman–Crippen LogP) is 0.885. The molecule has 1 unspecified atom stereocenters. The third-order valence-corrected chi connectivity index (χ3v) is 2.09. The lowest BCUT2D eigenvalue weighted by Gasteiger charge is -2.09. The largest absolute Gasteiger partial charge is 0.493 e. The lowest BCUT2D eigenvalue weighted by Crippen LogP contribution is -2.25. The van der Waals surface area contributed by atoms with E-state index in [-0.39, 0.29) is 18.1 Å². The van der Waals surface area contributed by atoms with Gasteiger partial charge in [-0.05, 0) is 24.3 Å². The summed E-state index contributed by atoms with van der Waals surface area (Å²) in [5, 5.41) is 8.66. The summed E-state index contributed by atoms with van der Waals surface area (Å²) >= 11 is 0. The summed E-state index contributed by atoms with van der Waals surface area (Å²) in [6.45, 7) is 1.84. The first kappa shape index (κ1) is 12.0. The molecule has 1 aromatic rings. The van der Waals surface area contributed by atoms with Gasteiger partial charge in [-0.15, -0.1) is 0 Å². The number of amides is 1. The monoisotopic (exact) mass is 223 g/mol. The number of aromatic carboxylic acids is 1. The fourth-order valence-electron chi connectivity index (χ4n) is 0.997. The number of carbonyl (C=O) groups excluding carboxylic acids is 1. The number of carbonyl (C=O) groups is 2. The van der Waals surface area contributed by atoms with E-state index in [2.05, 4.69) is 0 Å². The van der Waals surface area contributed by atoms with Gasteiger partial charge in [0.2, 0.25) is 5.91 Å². The third-order valence-electron chi connectivity index (χ3n) is 2.09. The Kier molecular flexibility index (Phi) is 3.88. The fourth-order valence-corrected chi connectivity index (χ4v) is 0.997. The predicted molar refractivity (Wildman–Crippen MR) is 57.3 cm³/mol. The molecule has 1 rings (SSSR count). The Morgan fingerprint density at radius 2 is 1.94 bits per heavy atom. The molecule has 0 saturated heterocycles. The highest BCUT2D eigenvalue weighted by atomic mass is 16.5. The molecule has 5 nitrogen and oxygen atoms in total. The number of carboxylic acid groups (broad SMARTS) is 1. The summed E-state index contributed by atoms with van der Waals surface area (Å²) in [6, 6.07) is 5.95. The van der Waals surface area contributed by atoms with Crippen molar-refractivity contribution in [1.82, 2.24) is 0 Å². The number of ether oxygens (including phenoxy) is 1. The Balaban J connectivity index is 2.56. The molecule has 0 aliphatic heterocycles. The first-order chi connectivity index (χ1) is 7.50. The van der Waals surface area contributed by atoms with Gasteiger partial charge >= 0.3 is 5.97 Å². The van der Waals surface area contributed by atoms with Gasteiger partial charge in [0.25, 0.3) is 0 Å². The number of benzene rings is 1. The minimum Gasteiger partial charge on any atom is -0.493 e. The van der Waals surface area contributed by atoms with Gasteiger partial charge in [-0.2, -0.15) is 0 Å². The molecule has 1 amide bonds. The summed E-state index contributed by atoms with van der Waals surface area (Å²) in [4.78, 5) is 21.3. The standard InChI is InChI=1S/C11H13NO4/c1-7(10(12)13)6-16-9-4-2-8(3-5-9)11(14)15/h2-5,7H,6H2,1H3,(H2,12,13)(H,14,15). The molecular formula is C11H13NO4. The second kappa shape index (κ2) is 5.16. The second-order valence-electron chi connectivity index (χ2n) is 3.44. The molecule has 1 aromatic carbocycles. The first-order valence-corrected chi connectivity index (χ1v) is 4.76. The molecule has 0 aliphatic carbocycles. The van der Waals surface area contributed by atoms with Crippen LogP contribution in [-0.4, -0.2) is 23.6 Å². The topological polar surface area (TPSA) is 89.6 Å². The Labute approximate surface area is 92.8 Å². The normalized spacial score (nSPS) is 11.8. The number of primary amides is 1. The summed E-state index contributed by atoms with van der Waals surface area (Å²) < 4.78 is 5.27. The molecule has 16 heavy (non-hydrogen) atoms. The number of hydrogen-bond acceptors (Lipinski definition) is 3. The molecule has 0 saturated carbocycles. The van der Waals surface area contributed by atoms with E-state index in [1.54, 1.807) is 6.92 Å². The van der Waals surface area contributed by atoms with Gasteiger partial charge in [0.1, 0.15) is 5.75 Å². The van der Waals surface area contributed by atoms with Crippen molar-refractivity contribution in [3.8, 4) is 5.75 Å². The van der Waals surface area contributed by atoms with Gasteiger partial charge in [-0.25, -0.2) is 4.79 Å². The van der Waals surface area contributed by atoms with Crippen molar-refractivity contribution in [1.29, 1.82) is 0 Å². The van der Waals surface area contributed by atoms with Crippen LogP contribution in [0.1, 0.15) is 17.3 Å². The van der Waals surface area contributed by atoms with Gasteiger partial charge in [0.05, 0.1) is 18.1 Å². The van der Waals surface area contributed by atoms with Crippen LogP contribution in [0.5, 0.6) is 5.75 Å².